The van der Waals surface area contributed by atoms with Crippen LogP contribution in [-0.4, -0.2) is 31.6 Å². The smallest absolute Gasteiger partial charge is 0.231 e. The minimum atomic E-state index is -0.166. The number of fused-ring (bicyclic) bond motifs is 1. The number of hydrogen-bond acceptors (Lipinski definition) is 4. The Morgan fingerprint density at radius 2 is 2.07 bits per heavy atom. The predicted molar refractivity (Wildman–Crippen MR) is 104 cm³/mol. The van der Waals surface area contributed by atoms with Crippen molar-refractivity contribution in [3.63, 3.8) is 0 Å². The van der Waals surface area contributed by atoms with Gasteiger partial charge in [-0.3, -0.25) is 4.79 Å². The second kappa shape index (κ2) is 8.27. The number of phenolic OH excluding ortho intramolecular Hbond substituents is 1. The number of methoxy groups -OCH3 is 1. The molecule has 2 aromatic rings. The third kappa shape index (κ3) is 4.14. The average molecular weight is 368 g/mol. The molecule has 1 aliphatic rings. The van der Waals surface area contributed by atoms with Crippen LogP contribution in [0.15, 0.2) is 42.2 Å². The molecule has 0 spiro atoms. The molecule has 2 aromatic carbocycles. The van der Waals surface area contributed by atoms with E-state index < -0.39 is 0 Å². The van der Waals surface area contributed by atoms with E-state index in [2.05, 4.69) is 14.0 Å². The molecule has 142 valence electrons. The Morgan fingerprint density at radius 1 is 1.26 bits per heavy atom. The highest BCUT2D eigenvalue weighted by molar-refractivity contribution is 6.15. The fraction of sp³-hybridized carbons (Fsp3) is 0.318. The van der Waals surface area contributed by atoms with E-state index in [1.807, 2.05) is 24.3 Å². The number of ketones is 1. The number of carbonyl (C=O) groups excluding carboxylic acids is 1. The van der Waals surface area contributed by atoms with E-state index in [-0.39, 0.29) is 17.3 Å². The molecule has 0 amide bonds. The van der Waals surface area contributed by atoms with E-state index in [1.165, 1.54) is 4.90 Å². The Morgan fingerprint density at radius 3 is 2.81 bits per heavy atom. The van der Waals surface area contributed by atoms with Crippen molar-refractivity contribution in [1.82, 2.24) is 0 Å². The van der Waals surface area contributed by atoms with Gasteiger partial charge in [-0.1, -0.05) is 25.5 Å². The molecule has 0 bridgehead atoms. The van der Waals surface area contributed by atoms with Crippen LogP contribution in [0.2, 0.25) is 0 Å². The van der Waals surface area contributed by atoms with Crippen LogP contribution in [0.1, 0.15) is 41.3 Å². The number of nitrogens with one attached hydrogen (secondary N) is 1. The summed E-state index contributed by atoms with van der Waals surface area (Å²) in [6.07, 6.45) is 3.94. The number of quaternary nitrogens is 1. The van der Waals surface area contributed by atoms with Gasteiger partial charge in [-0.15, -0.1) is 0 Å². The molecule has 3 rings (SSSR count). The van der Waals surface area contributed by atoms with Crippen LogP contribution >= 0.6 is 0 Å². The molecule has 0 radical (unpaired) electrons. The standard InChI is InChI=1S/C22H25NO4/c1-4-5-11-23(2)14-18-19(24)10-9-17-21(25)20(27-22(17)18)13-15-7-6-8-16(12-15)26-3/h6-10,12-13,24H,4-5,11,14H2,1-3H3/p+1/b20-13-. The molecule has 1 heterocycles. The first-order valence-electron chi connectivity index (χ1n) is 9.28. The summed E-state index contributed by atoms with van der Waals surface area (Å²) in [4.78, 5) is 14.0. The van der Waals surface area contributed by atoms with Crippen molar-refractivity contribution >= 4 is 11.9 Å². The molecule has 0 aromatic heterocycles. The maximum atomic E-state index is 12.8. The molecular weight excluding hydrogens is 342 g/mol. The molecule has 1 unspecified atom stereocenters. The quantitative estimate of drug-likeness (QED) is 0.738. The lowest BCUT2D eigenvalue weighted by Crippen LogP contribution is -3.07. The largest absolute Gasteiger partial charge is 0.507 e. The van der Waals surface area contributed by atoms with E-state index >= 15 is 0 Å². The SMILES string of the molecule is CCCC[NH+](C)Cc1c(O)ccc2c1O/C(=C\c1cccc(OC)c1)C2=O. The summed E-state index contributed by atoms with van der Waals surface area (Å²) in [5.41, 5.74) is 2.01. The predicted octanol–water partition coefficient (Wildman–Crippen LogP) is 2.83. The Bertz CT molecular complexity index is 873. The van der Waals surface area contributed by atoms with E-state index in [4.69, 9.17) is 9.47 Å². The number of allylic oxidation sites excluding steroid dienone is 1. The van der Waals surface area contributed by atoms with Gasteiger partial charge >= 0.3 is 0 Å². The third-order valence-corrected chi connectivity index (χ3v) is 4.74. The van der Waals surface area contributed by atoms with Crippen molar-refractivity contribution in [2.75, 3.05) is 20.7 Å². The number of aromatic hydroxyl groups is 1. The van der Waals surface area contributed by atoms with Gasteiger partial charge in [0.1, 0.15) is 18.0 Å². The van der Waals surface area contributed by atoms with Crippen molar-refractivity contribution in [3.05, 3.63) is 58.8 Å². The zero-order valence-electron chi connectivity index (χ0n) is 16.0. The summed E-state index contributed by atoms with van der Waals surface area (Å²) in [7, 11) is 3.68. The van der Waals surface area contributed by atoms with Crippen molar-refractivity contribution in [3.8, 4) is 17.2 Å². The van der Waals surface area contributed by atoms with Crippen molar-refractivity contribution in [2.24, 2.45) is 0 Å². The topological polar surface area (TPSA) is 60.2 Å². The normalized spacial score (nSPS) is 15.5. The Hall–Kier alpha value is -2.79. The van der Waals surface area contributed by atoms with Gasteiger partial charge < -0.3 is 19.5 Å². The minimum Gasteiger partial charge on any atom is -0.507 e. The number of benzene rings is 2. The van der Waals surface area contributed by atoms with Crippen LogP contribution in [-0.2, 0) is 6.54 Å². The van der Waals surface area contributed by atoms with Crippen LogP contribution < -0.4 is 14.4 Å². The van der Waals surface area contributed by atoms with Crippen LogP contribution in [0.25, 0.3) is 6.08 Å². The zero-order valence-corrected chi connectivity index (χ0v) is 16.0. The first-order chi connectivity index (χ1) is 13.0. The van der Waals surface area contributed by atoms with E-state index in [0.29, 0.717) is 29.2 Å². The molecule has 1 aliphatic heterocycles. The summed E-state index contributed by atoms with van der Waals surface area (Å²) in [5, 5.41) is 10.3. The Labute approximate surface area is 159 Å². The monoisotopic (exact) mass is 368 g/mol. The van der Waals surface area contributed by atoms with E-state index in [0.717, 1.165) is 24.9 Å². The lowest BCUT2D eigenvalue weighted by Gasteiger charge is -2.16. The number of phenols is 1. The van der Waals surface area contributed by atoms with E-state index in [9.17, 15) is 9.90 Å². The van der Waals surface area contributed by atoms with Gasteiger partial charge in [0, 0.05) is 0 Å². The summed E-state index contributed by atoms with van der Waals surface area (Å²) in [5.74, 6) is 1.45. The second-order valence-electron chi connectivity index (χ2n) is 6.89. The molecular formula is C22H26NO4+. The molecule has 27 heavy (non-hydrogen) atoms. The molecule has 5 heteroatoms. The molecule has 2 N–H and O–H groups in total. The molecule has 5 nitrogen and oxygen atoms in total. The maximum absolute atomic E-state index is 12.8. The lowest BCUT2D eigenvalue weighted by molar-refractivity contribution is -0.894. The lowest BCUT2D eigenvalue weighted by atomic mass is 10.0. The molecule has 0 saturated heterocycles. The number of hydrogen-bond donors (Lipinski definition) is 2. The number of unbranched alkanes of at least 4 members (excludes halogenated alkanes) is 1. The zero-order chi connectivity index (χ0) is 19.4. The second-order valence-corrected chi connectivity index (χ2v) is 6.89. The van der Waals surface area contributed by atoms with Crippen LogP contribution in [0.5, 0.6) is 17.2 Å². The van der Waals surface area contributed by atoms with Gasteiger partial charge in [0.2, 0.25) is 5.78 Å². The van der Waals surface area contributed by atoms with Gasteiger partial charge in [0.05, 0.1) is 31.8 Å². The third-order valence-electron chi connectivity index (χ3n) is 4.74. The Balaban J connectivity index is 1.90. The van der Waals surface area contributed by atoms with E-state index in [1.54, 1.807) is 25.3 Å². The summed E-state index contributed by atoms with van der Waals surface area (Å²) >= 11 is 0. The fourth-order valence-electron chi connectivity index (χ4n) is 3.22. The highest BCUT2D eigenvalue weighted by atomic mass is 16.5. The summed E-state index contributed by atoms with van der Waals surface area (Å²) < 4.78 is 11.1. The Kier molecular flexibility index (Phi) is 5.81. The van der Waals surface area contributed by atoms with Gasteiger partial charge in [0.15, 0.2) is 11.5 Å². The summed E-state index contributed by atoms with van der Waals surface area (Å²) in [6, 6.07) is 10.6. The minimum absolute atomic E-state index is 0.166. The van der Waals surface area contributed by atoms with Crippen LogP contribution in [0.3, 0.4) is 0 Å². The van der Waals surface area contributed by atoms with Crippen molar-refractivity contribution in [2.45, 2.75) is 26.3 Å². The first-order valence-corrected chi connectivity index (χ1v) is 9.28. The number of rotatable bonds is 7. The molecule has 1 atom stereocenters. The van der Waals surface area contributed by atoms with Crippen molar-refractivity contribution < 1.29 is 24.3 Å². The maximum Gasteiger partial charge on any atom is 0.231 e. The summed E-state index contributed by atoms with van der Waals surface area (Å²) in [6.45, 7) is 3.76. The van der Waals surface area contributed by atoms with Gasteiger partial charge in [-0.05, 0) is 42.3 Å². The van der Waals surface area contributed by atoms with Crippen molar-refractivity contribution in [1.29, 1.82) is 0 Å². The fourth-order valence-corrected chi connectivity index (χ4v) is 3.22. The number of Topliss-reactive ketones (excluding diaryl/α,β-unsaturated/α-hetero) is 1. The number of ether oxygens (including phenoxy) is 2. The van der Waals surface area contributed by atoms with Gasteiger partial charge in [-0.2, -0.15) is 0 Å². The molecule has 0 saturated carbocycles. The average Bonchev–Trinajstić information content (AvgIpc) is 2.98. The van der Waals surface area contributed by atoms with Gasteiger partial charge in [-0.25, -0.2) is 0 Å². The highest BCUT2D eigenvalue weighted by Gasteiger charge is 2.32. The molecule has 0 aliphatic carbocycles. The van der Waals surface area contributed by atoms with Crippen LogP contribution in [0, 0.1) is 0 Å². The molecule has 0 fully saturated rings. The van der Waals surface area contributed by atoms with Crippen LogP contribution in [0.4, 0.5) is 0 Å². The first kappa shape index (κ1) is 19.0. The van der Waals surface area contributed by atoms with Gasteiger partial charge in [0.25, 0.3) is 0 Å². The highest BCUT2D eigenvalue weighted by Crippen LogP contribution is 2.39. The number of carbonyl (C=O) groups is 1.